The number of aliphatic hydroxyl groups excluding tert-OH is 1. The molecule has 2 rings (SSSR count). The molecular weight excluding hydrogens is 280 g/mol. The van der Waals surface area contributed by atoms with Gasteiger partial charge >= 0.3 is 0 Å². The molecule has 1 heterocycles. The zero-order valence-electron chi connectivity index (χ0n) is 10.3. The first-order valence-electron chi connectivity index (χ1n) is 6.26. The molecule has 3 heteroatoms. The molecule has 0 aromatic heterocycles. The van der Waals surface area contributed by atoms with Gasteiger partial charge in [0.05, 0.1) is 6.10 Å². The maximum Gasteiger partial charge on any atom is 0.125 e. The zero-order valence-corrected chi connectivity index (χ0v) is 11.9. The van der Waals surface area contributed by atoms with E-state index in [1.54, 1.807) is 0 Å². The van der Waals surface area contributed by atoms with Gasteiger partial charge in [0, 0.05) is 16.5 Å². The van der Waals surface area contributed by atoms with Crippen LogP contribution in [0.3, 0.4) is 0 Å². The van der Waals surface area contributed by atoms with Crippen LogP contribution in [0.15, 0.2) is 22.7 Å². The molecule has 94 valence electrons. The van der Waals surface area contributed by atoms with Gasteiger partial charge < -0.3 is 9.84 Å². The van der Waals surface area contributed by atoms with Gasteiger partial charge in [-0.15, -0.1) is 0 Å². The Morgan fingerprint density at radius 2 is 2.29 bits per heavy atom. The molecule has 0 bridgehead atoms. The van der Waals surface area contributed by atoms with Gasteiger partial charge in [0.2, 0.25) is 0 Å². The Bertz CT molecular complexity index is 392. The summed E-state index contributed by atoms with van der Waals surface area (Å²) in [7, 11) is 0. The molecule has 17 heavy (non-hydrogen) atoms. The van der Waals surface area contributed by atoms with Crippen molar-refractivity contribution in [3.63, 3.8) is 0 Å². The third-order valence-electron chi connectivity index (χ3n) is 3.44. The van der Waals surface area contributed by atoms with Gasteiger partial charge in [-0.1, -0.05) is 36.2 Å². The number of benzene rings is 1. The summed E-state index contributed by atoms with van der Waals surface area (Å²) in [5, 5.41) is 10.2. The summed E-state index contributed by atoms with van der Waals surface area (Å²) in [6.07, 6.45) is 2.73. The number of halogens is 1. The Morgan fingerprint density at radius 3 is 3.00 bits per heavy atom. The summed E-state index contributed by atoms with van der Waals surface area (Å²) in [5.74, 6) is 1.33. The molecule has 1 aromatic carbocycles. The molecule has 0 radical (unpaired) electrons. The van der Waals surface area contributed by atoms with Crippen LogP contribution in [0.5, 0.6) is 5.75 Å². The van der Waals surface area contributed by atoms with Crippen molar-refractivity contribution in [2.24, 2.45) is 5.92 Å². The van der Waals surface area contributed by atoms with Crippen molar-refractivity contribution in [1.29, 1.82) is 0 Å². The lowest BCUT2D eigenvalue weighted by molar-refractivity contribution is 0.0361. The van der Waals surface area contributed by atoms with Crippen LogP contribution in [0.25, 0.3) is 0 Å². The largest absolute Gasteiger partial charge is 0.490 e. The molecule has 0 amide bonds. The maximum absolute atomic E-state index is 10.2. The quantitative estimate of drug-likeness (QED) is 0.911. The summed E-state index contributed by atoms with van der Waals surface area (Å²) in [5.41, 5.74) is 0.902. The van der Waals surface area contributed by atoms with Gasteiger partial charge in [-0.05, 0) is 30.5 Å². The van der Waals surface area contributed by atoms with Crippen LogP contribution < -0.4 is 4.74 Å². The van der Waals surface area contributed by atoms with Crippen molar-refractivity contribution in [3.05, 3.63) is 28.2 Å². The van der Waals surface area contributed by atoms with E-state index in [4.69, 9.17) is 4.74 Å². The van der Waals surface area contributed by atoms with E-state index < -0.39 is 6.10 Å². The highest BCUT2D eigenvalue weighted by Crippen LogP contribution is 2.38. The fourth-order valence-electron chi connectivity index (χ4n) is 2.43. The summed E-state index contributed by atoms with van der Waals surface area (Å²) in [6.45, 7) is 4.38. The fourth-order valence-corrected chi connectivity index (χ4v) is 2.81. The molecule has 0 saturated carbocycles. The van der Waals surface area contributed by atoms with Gasteiger partial charge in [-0.3, -0.25) is 0 Å². The average molecular weight is 299 g/mol. The Morgan fingerprint density at radius 1 is 1.53 bits per heavy atom. The van der Waals surface area contributed by atoms with Crippen molar-refractivity contribution in [3.8, 4) is 5.75 Å². The second-order valence-electron chi connectivity index (χ2n) is 4.86. The summed E-state index contributed by atoms with van der Waals surface area (Å²) >= 11 is 3.42. The number of aliphatic hydroxyl groups is 1. The van der Waals surface area contributed by atoms with E-state index in [0.29, 0.717) is 12.3 Å². The van der Waals surface area contributed by atoms with Crippen molar-refractivity contribution < 1.29 is 9.84 Å². The first-order chi connectivity index (χ1) is 8.11. The van der Waals surface area contributed by atoms with Crippen molar-refractivity contribution in [2.75, 3.05) is 0 Å². The molecular formula is C14H19BrO2. The number of fused-ring (bicyclic) bond motifs is 1. The molecule has 2 unspecified atom stereocenters. The number of rotatable bonds is 3. The van der Waals surface area contributed by atoms with Gasteiger partial charge in [-0.2, -0.15) is 0 Å². The standard InChI is InChI=1S/C14H19BrO2/c1-3-4-9(2)14-8-12(16)11-7-10(15)5-6-13(11)17-14/h5-7,9,12,14,16H,3-4,8H2,1-2H3/t9?,12-,14?/m1/s1. The summed E-state index contributed by atoms with van der Waals surface area (Å²) in [6, 6.07) is 5.84. The van der Waals surface area contributed by atoms with Crippen molar-refractivity contribution in [2.45, 2.75) is 45.3 Å². The third kappa shape index (κ3) is 2.83. The van der Waals surface area contributed by atoms with E-state index in [1.807, 2.05) is 18.2 Å². The Labute approximate surface area is 111 Å². The Hall–Kier alpha value is -0.540. The van der Waals surface area contributed by atoms with Crippen LogP contribution in [0, 0.1) is 5.92 Å². The van der Waals surface area contributed by atoms with E-state index in [9.17, 15) is 5.11 Å². The van der Waals surface area contributed by atoms with E-state index in [2.05, 4.69) is 29.8 Å². The molecule has 1 aliphatic rings. The highest BCUT2D eigenvalue weighted by Gasteiger charge is 2.30. The minimum atomic E-state index is -0.402. The van der Waals surface area contributed by atoms with Gasteiger partial charge in [0.1, 0.15) is 11.9 Å². The van der Waals surface area contributed by atoms with Gasteiger partial charge in [0.25, 0.3) is 0 Å². The lowest BCUT2D eigenvalue weighted by atomic mass is 9.90. The van der Waals surface area contributed by atoms with Crippen LogP contribution in [0.1, 0.15) is 44.8 Å². The van der Waals surface area contributed by atoms with Crippen LogP contribution >= 0.6 is 15.9 Å². The van der Waals surface area contributed by atoms with Crippen LogP contribution in [-0.2, 0) is 0 Å². The van der Waals surface area contributed by atoms with Crippen molar-refractivity contribution in [1.82, 2.24) is 0 Å². The Balaban J connectivity index is 2.18. The minimum absolute atomic E-state index is 0.138. The molecule has 0 saturated heterocycles. The second kappa shape index (κ2) is 5.40. The molecule has 2 nitrogen and oxygen atoms in total. The second-order valence-corrected chi connectivity index (χ2v) is 5.77. The maximum atomic E-state index is 10.2. The van der Waals surface area contributed by atoms with Crippen LogP contribution in [0.2, 0.25) is 0 Å². The van der Waals surface area contributed by atoms with E-state index in [-0.39, 0.29) is 6.10 Å². The van der Waals surface area contributed by atoms with Gasteiger partial charge in [0.15, 0.2) is 0 Å². The van der Waals surface area contributed by atoms with Crippen LogP contribution in [-0.4, -0.2) is 11.2 Å². The number of hydrogen-bond acceptors (Lipinski definition) is 2. The fraction of sp³-hybridized carbons (Fsp3) is 0.571. The highest BCUT2D eigenvalue weighted by molar-refractivity contribution is 9.10. The predicted molar refractivity (Wildman–Crippen MR) is 72.2 cm³/mol. The summed E-state index contributed by atoms with van der Waals surface area (Å²) in [4.78, 5) is 0. The number of ether oxygens (including phenoxy) is 1. The topological polar surface area (TPSA) is 29.5 Å². The first kappa shape index (κ1) is 12.9. The SMILES string of the molecule is CCCC(C)C1C[C@@H](O)c2cc(Br)ccc2O1. The third-order valence-corrected chi connectivity index (χ3v) is 3.94. The monoisotopic (exact) mass is 298 g/mol. The smallest absolute Gasteiger partial charge is 0.125 e. The normalized spacial score (nSPS) is 24.9. The van der Waals surface area contributed by atoms with Crippen molar-refractivity contribution >= 4 is 15.9 Å². The number of hydrogen-bond donors (Lipinski definition) is 1. The highest BCUT2D eigenvalue weighted by atomic mass is 79.9. The molecule has 0 aliphatic carbocycles. The molecule has 0 fully saturated rings. The lowest BCUT2D eigenvalue weighted by Gasteiger charge is -2.33. The lowest BCUT2D eigenvalue weighted by Crippen LogP contribution is -2.31. The van der Waals surface area contributed by atoms with Gasteiger partial charge in [-0.25, -0.2) is 0 Å². The Kier molecular flexibility index (Phi) is 4.10. The molecule has 3 atom stereocenters. The zero-order chi connectivity index (χ0) is 12.4. The molecule has 1 aromatic rings. The van der Waals surface area contributed by atoms with E-state index >= 15 is 0 Å². The molecule has 1 aliphatic heterocycles. The van der Waals surface area contributed by atoms with E-state index in [0.717, 1.165) is 28.6 Å². The predicted octanol–water partition coefficient (Wildman–Crippen LogP) is 4.07. The van der Waals surface area contributed by atoms with E-state index in [1.165, 1.54) is 0 Å². The summed E-state index contributed by atoms with van der Waals surface area (Å²) < 4.78 is 6.98. The molecule has 0 spiro atoms. The molecule has 1 N–H and O–H groups in total. The average Bonchev–Trinajstić information content (AvgIpc) is 2.30. The minimum Gasteiger partial charge on any atom is -0.490 e. The van der Waals surface area contributed by atoms with Crippen LogP contribution in [0.4, 0.5) is 0 Å². The first-order valence-corrected chi connectivity index (χ1v) is 7.05.